The lowest BCUT2D eigenvalue weighted by Crippen LogP contribution is -2.21. The average molecular weight is 285 g/mol. The number of hydrogen-bond acceptors (Lipinski definition) is 4. The summed E-state index contributed by atoms with van der Waals surface area (Å²) in [6, 6.07) is 11.7. The summed E-state index contributed by atoms with van der Waals surface area (Å²) < 4.78 is 12.9. The number of aromatic nitrogens is 1. The molecule has 0 spiro atoms. The third-order valence-corrected chi connectivity index (χ3v) is 3.18. The first-order valence-electron chi connectivity index (χ1n) is 6.67. The van der Waals surface area contributed by atoms with E-state index in [0.29, 0.717) is 24.3 Å². The van der Waals surface area contributed by atoms with Gasteiger partial charge < -0.3 is 10.4 Å². The fourth-order valence-electron chi connectivity index (χ4n) is 2.03. The Kier molecular flexibility index (Phi) is 5.24. The number of nitriles is 1. The highest BCUT2D eigenvalue weighted by Crippen LogP contribution is 2.13. The molecule has 0 bridgehead atoms. The van der Waals surface area contributed by atoms with Gasteiger partial charge in [-0.2, -0.15) is 5.26 Å². The van der Waals surface area contributed by atoms with Gasteiger partial charge in [0.1, 0.15) is 17.7 Å². The molecular weight excluding hydrogens is 269 g/mol. The molecule has 21 heavy (non-hydrogen) atoms. The molecule has 1 unspecified atom stereocenters. The van der Waals surface area contributed by atoms with Gasteiger partial charge in [-0.05, 0) is 36.2 Å². The maximum absolute atomic E-state index is 12.9. The largest absolute Gasteiger partial charge is 0.396 e. The second kappa shape index (κ2) is 7.36. The van der Waals surface area contributed by atoms with Crippen LogP contribution in [0.2, 0.25) is 0 Å². The van der Waals surface area contributed by atoms with Crippen molar-refractivity contribution in [1.29, 1.82) is 5.26 Å². The SMILES string of the molecule is N#Cc1cccnc1NCC(CO)Cc1ccc(F)cc1. The maximum Gasteiger partial charge on any atom is 0.143 e. The number of anilines is 1. The molecule has 0 aliphatic carbocycles. The van der Waals surface area contributed by atoms with Gasteiger partial charge in [0.05, 0.1) is 5.56 Å². The van der Waals surface area contributed by atoms with Crippen LogP contribution in [-0.4, -0.2) is 23.2 Å². The molecule has 0 saturated carbocycles. The summed E-state index contributed by atoms with van der Waals surface area (Å²) >= 11 is 0. The van der Waals surface area contributed by atoms with Gasteiger partial charge >= 0.3 is 0 Å². The van der Waals surface area contributed by atoms with E-state index in [-0.39, 0.29) is 18.3 Å². The van der Waals surface area contributed by atoms with E-state index in [2.05, 4.69) is 16.4 Å². The van der Waals surface area contributed by atoms with Crippen molar-refractivity contribution in [3.63, 3.8) is 0 Å². The van der Waals surface area contributed by atoms with Gasteiger partial charge in [-0.25, -0.2) is 9.37 Å². The Morgan fingerprint density at radius 3 is 2.71 bits per heavy atom. The average Bonchev–Trinajstić information content (AvgIpc) is 2.53. The zero-order valence-corrected chi connectivity index (χ0v) is 11.5. The Morgan fingerprint density at radius 1 is 1.29 bits per heavy atom. The van der Waals surface area contributed by atoms with Crippen LogP contribution in [0.3, 0.4) is 0 Å². The van der Waals surface area contributed by atoms with Crippen molar-refractivity contribution in [2.24, 2.45) is 5.92 Å². The van der Waals surface area contributed by atoms with Crippen molar-refractivity contribution < 1.29 is 9.50 Å². The predicted octanol–water partition coefficient (Wildman–Crippen LogP) is 2.36. The van der Waals surface area contributed by atoms with E-state index >= 15 is 0 Å². The molecule has 0 amide bonds. The minimum atomic E-state index is -0.274. The smallest absolute Gasteiger partial charge is 0.143 e. The fraction of sp³-hybridized carbons (Fsp3) is 0.250. The van der Waals surface area contributed by atoms with Crippen molar-refractivity contribution in [3.8, 4) is 6.07 Å². The predicted molar refractivity (Wildman–Crippen MR) is 78.1 cm³/mol. The van der Waals surface area contributed by atoms with E-state index in [9.17, 15) is 9.50 Å². The Balaban J connectivity index is 1.96. The van der Waals surface area contributed by atoms with E-state index in [1.807, 2.05) is 0 Å². The van der Waals surface area contributed by atoms with Gasteiger partial charge in [0.2, 0.25) is 0 Å². The molecule has 0 aliphatic heterocycles. The van der Waals surface area contributed by atoms with Crippen LogP contribution >= 0.6 is 0 Å². The standard InChI is InChI=1S/C16H16FN3O/c17-15-5-3-12(4-6-15)8-13(11-21)10-20-16-14(9-18)2-1-7-19-16/h1-7,13,21H,8,10-11H2,(H,19,20). The van der Waals surface area contributed by atoms with Crippen LogP contribution in [0.1, 0.15) is 11.1 Å². The van der Waals surface area contributed by atoms with Crippen LogP contribution in [0.5, 0.6) is 0 Å². The monoisotopic (exact) mass is 285 g/mol. The van der Waals surface area contributed by atoms with E-state index in [0.717, 1.165) is 5.56 Å². The zero-order chi connectivity index (χ0) is 15.1. The number of aliphatic hydroxyl groups excluding tert-OH is 1. The first-order valence-corrected chi connectivity index (χ1v) is 6.67. The molecule has 1 atom stereocenters. The number of pyridine rings is 1. The molecule has 0 aliphatic rings. The lowest BCUT2D eigenvalue weighted by atomic mass is 10.00. The highest BCUT2D eigenvalue weighted by atomic mass is 19.1. The van der Waals surface area contributed by atoms with E-state index < -0.39 is 0 Å². The van der Waals surface area contributed by atoms with Gasteiger partial charge in [0.15, 0.2) is 0 Å². The minimum absolute atomic E-state index is 0.000896. The number of halogens is 1. The van der Waals surface area contributed by atoms with Crippen LogP contribution < -0.4 is 5.32 Å². The maximum atomic E-state index is 12.9. The summed E-state index contributed by atoms with van der Waals surface area (Å²) in [5.74, 6) is 0.200. The van der Waals surface area contributed by atoms with Gasteiger partial charge in [0.25, 0.3) is 0 Å². The zero-order valence-electron chi connectivity index (χ0n) is 11.5. The van der Waals surface area contributed by atoms with Gasteiger partial charge in [-0.3, -0.25) is 0 Å². The summed E-state index contributed by atoms with van der Waals surface area (Å²) in [5, 5.41) is 21.5. The van der Waals surface area contributed by atoms with Crippen LogP contribution in [0.25, 0.3) is 0 Å². The minimum Gasteiger partial charge on any atom is -0.396 e. The number of hydrogen-bond donors (Lipinski definition) is 2. The molecule has 0 saturated heterocycles. The number of aliphatic hydroxyl groups is 1. The normalized spacial score (nSPS) is 11.7. The summed E-state index contributed by atoms with van der Waals surface area (Å²) in [4.78, 5) is 4.11. The lowest BCUT2D eigenvalue weighted by Gasteiger charge is -2.16. The second-order valence-corrected chi connectivity index (χ2v) is 4.77. The number of rotatable bonds is 6. The highest BCUT2D eigenvalue weighted by Gasteiger charge is 2.10. The van der Waals surface area contributed by atoms with Crippen LogP contribution in [0, 0.1) is 23.1 Å². The summed E-state index contributed by atoms with van der Waals surface area (Å²) in [6.07, 6.45) is 2.23. The Bertz CT molecular complexity index is 622. The molecular formula is C16H16FN3O. The summed E-state index contributed by atoms with van der Waals surface area (Å²) in [7, 11) is 0. The van der Waals surface area contributed by atoms with Crippen molar-refractivity contribution >= 4 is 5.82 Å². The number of nitrogens with one attached hydrogen (secondary N) is 1. The van der Waals surface area contributed by atoms with Crippen molar-refractivity contribution in [1.82, 2.24) is 4.98 Å². The first kappa shape index (κ1) is 14.9. The Morgan fingerprint density at radius 2 is 2.05 bits per heavy atom. The van der Waals surface area contributed by atoms with Crippen LogP contribution in [-0.2, 0) is 6.42 Å². The van der Waals surface area contributed by atoms with E-state index in [1.165, 1.54) is 12.1 Å². The molecule has 1 aromatic carbocycles. The van der Waals surface area contributed by atoms with Gasteiger partial charge in [0, 0.05) is 25.3 Å². The van der Waals surface area contributed by atoms with E-state index in [1.54, 1.807) is 30.5 Å². The quantitative estimate of drug-likeness (QED) is 0.855. The summed E-state index contributed by atoms with van der Waals surface area (Å²) in [5.41, 5.74) is 1.43. The van der Waals surface area contributed by atoms with Gasteiger partial charge in [-0.1, -0.05) is 12.1 Å². The van der Waals surface area contributed by atoms with Crippen LogP contribution in [0.4, 0.5) is 10.2 Å². The van der Waals surface area contributed by atoms with Crippen molar-refractivity contribution in [3.05, 3.63) is 59.5 Å². The van der Waals surface area contributed by atoms with E-state index in [4.69, 9.17) is 5.26 Å². The third-order valence-electron chi connectivity index (χ3n) is 3.18. The fourth-order valence-corrected chi connectivity index (χ4v) is 2.03. The summed E-state index contributed by atoms with van der Waals surface area (Å²) in [6.45, 7) is 0.485. The molecule has 5 heteroatoms. The number of benzene rings is 1. The lowest BCUT2D eigenvalue weighted by molar-refractivity contribution is 0.232. The Hall–Kier alpha value is -2.45. The third kappa shape index (κ3) is 4.26. The molecule has 4 nitrogen and oxygen atoms in total. The molecule has 1 aromatic heterocycles. The number of nitrogens with zero attached hydrogens (tertiary/aromatic N) is 2. The molecule has 0 radical (unpaired) electrons. The molecule has 2 N–H and O–H groups in total. The molecule has 108 valence electrons. The van der Waals surface area contributed by atoms with Gasteiger partial charge in [-0.15, -0.1) is 0 Å². The van der Waals surface area contributed by atoms with Crippen molar-refractivity contribution in [2.75, 3.05) is 18.5 Å². The second-order valence-electron chi connectivity index (χ2n) is 4.77. The Labute approximate surface area is 122 Å². The van der Waals surface area contributed by atoms with Crippen LogP contribution in [0.15, 0.2) is 42.6 Å². The topological polar surface area (TPSA) is 68.9 Å². The molecule has 2 rings (SSSR count). The molecule has 1 heterocycles. The highest BCUT2D eigenvalue weighted by molar-refractivity contribution is 5.51. The van der Waals surface area contributed by atoms with Crippen molar-refractivity contribution in [2.45, 2.75) is 6.42 Å². The molecule has 2 aromatic rings. The molecule has 0 fully saturated rings. The first-order chi connectivity index (χ1) is 10.2.